The zero-order chi connectivity index (χ0) is 9.42. The average Bonchev–Trinajstić information content (AvgIpc) is 2.42. The van der Waals surface area contributed by atoms with Crippen molar-refractivity contribution in [3.63, 3.8) is 0 Å². The first-order valence-electron chi connectivity index (χ1n) is 3.88. The highest BCUT2D eigenvalue weighted by Gasteiger charge is 2.10. The van der Waals surface area contributed by atoms with Crippen molar-refractivity contribution >= 4 is 26.8 Å². The zero-order valence-electron chi connectivity index (χ0n) is 6.77. The number of nitrogens with two attached hydrogens (primary N) is 1. The molecule has 4 heteroatoms. The van der Waals surface area contributed by atoms with Crippen molar-refractivity contribution in [3.8, 4) is 0 Å². The molecule has 2 rings (SSSR count). The number of aromatic nitrogens is 1. The van der Waals surface area contributed by atoms with Gasteiger partial charge in [0.25, 0.3) is 0 Å². The van der Waals surface area contributed by atoms with E-state index in [-0.39, 0.29) is 5.82 Å². The van der Waals surface area contributed by atoms with Crippen LogP contribution in [-0.4, -0.2) is 4.98 Å². The summed E-state index contributed by atoms with van der Waals surface area (Å²) in [6.07, 6.45) is 0. The minimum absolute atomic E-state index is 0.236. The van der Waals surface area contributed by atoms with Crippen molar-refractivity contribution < 1.29 is 4.39 Å². The van der Waals surface area contributed by atoms with Gasteiger partial charge in [-0.3, -0.25) is 0 Å². The maximum Gasteiger partial charge on any atom is 0.132 e. The fourth-order valence-electron chi connectivity index (χ4n) is 1.43. The number of benzene rings is 1. The molecule has 0 fully saturated rings. The molecule has 0 radical (unpaired) electrons. The molecule has 0 saturated carbocycles. The first kappa shape index (κ1) is 8.72. The van der Waals surface area contributed by atoms with Crippen LogP contribution in [0.2, 0.25) is 0 Å². The normalized spacial score (nSPS) is 11.0. The van der Waals surface area contributed by atoms with E-state index in [2.05, 4.69) is 20.9 Å². The van der Waals surface area contributed by atoms with Gasteiger partial charge in [0.15, 0.2) is 0 Å². The van der Waals surface area contributed by atoms with Gasteiger partial charge in [-0.1, -0.05) is 6.07 Å². The van der Waals surface area contributed by atoms with Crippen LogP contribution in [0.3, 0.4) is 0 Å². The van der Waals surface area contributed by atoms with E-state index < -0.39 is 0 Å². The first-order chi connectivity index (χ1) is 6.24. The molecule has 68 valence electrons. The summed E-state index contributed by atoms with van der Waals surface area (Å²) in [4.78, 5) is 3.02. The van der Waals surface area contributed by atoms with Gasteiger partial charge in [-0.2, -0.15) is 0 Å². The van der Waals surface area contributed by atoms with Gasteiger partial charge in [-0.05, 0) is 28.1 Å². The maximum absolute atomic E-state index is 13.4. The number of fused-ring (bicyclic) bond motifs is 1. The number of nitrogens with one attached hydrogen (secondary N) is 1. The Morgan fingerprint density at radius 2 is 2.23 bits per heavy atom. The van der Waals surface area contributed by atoms with Crippen molar-refractivity contribution in [3.05, 3.63) is 34.2 Å². The number of rotatable bonds is 1. The minimum Gasteiger partial charge on any atom is -0.349 e. The van der Waals surface area contributed by atoms with Crippen LogP contribution in [0.4, 0.5) is 4.39 Å². The first-order valence-corrected chi connectivity index (χ1v) is 4.68. The Balaban J connectivity index is 2.88. The largest absolute Gasteiger partial charge is 0.349 e. The smallest absolute Gasteiger partial charge is 0.132 e. The highest BCUT2D eigenvalue weighted by atomic mass is 79.9. The van der Waals surface area contributed by atoms with Crippen molar-refractivity contribution in [2.24, 2.45) is 5.73 Å². The van der Waals surface area contributed by atoms with Crippen molar-refractivity contribution in [2.75, 3.05) is 0 Å². The second-order valence-corrected chi connectivity index (χ2v) is 3.58. The summed E-state index contributed by atoms with van der Waals surface area (Å²) >= 11 is 3.30. The van der Waals surface area contributed by atoms with Crippen LogP contribution in [0, 0.1) is 5.82 Å². The van der Waals surface area contributed by atoms with Gasteiger partial charge in [0.05, 0.1) is 4.60 Å². The van der Waals surface area contributed by atoms with Crippen molar-refractivity contribution in [1.82, 2.24) is 4.98 Å². The Kier molecular flexibility index (Phi) is 2.09. The molecular weight excluding hydrogens is 235 g/mol. The van der Waals surface area contributed by atoms with Crippen LogP contribution in [0.25, 0.3) is 10.9 Å². The maximum atomic E-state index is 13.4. The SMILES string of the molecule is NCc1c(Br)[nH]c2cccc(F)c12. The molecule has 0 saturated heterocycles. The molecule has 1 heterocycles. The van der Waals surface area contributed by atoms with Gasteiger partial charge in [-0.25, -0.2) is 4.39 Å². The monoisotopic (exact) mass is 242 g/mol. The number of halogens is 2. The van der Waals surface area contributed by atoms with Gasteiger partial charge in [0, 0.05) is 23.0 Å². The third kappa shape index (κ3) is 1.26. The van der Waals surface area contributed by atoms with Crippen LogP contribution < -0.4 is 5.73 Å². The molecule has 0 aliphatic heterocycles. The average molecular weight is 243 g/mol. The lowest BCUT2D eigenvalue weighted by atomic mass is 10.1. The number of H-pyrrole nitrogens is 1. The Bertz CT molecular complexity index is 450. The summed E-state index contributed by atoms with van der Waals surface area (Å²) in [5, 5.41) is 0.580. The fraction of sp³-hybridized carbons (Fsp3) is 0.111. The molecule has 0 unspecified atom stereocenters. The van der Waals surface area contributed by atoms with Crippen LogP contribution >= 0.6 is 15.9 Å². The third-order valence-corrected chi connectivity index (χ3v) is 2.71. The van der Waals surface area contributed by atoms with Crippen LogP contribution in [-0.2, 0) is 6.54 Å². The molecule has 0 atom stereocenters. The van der Waals surface area contributed by atoms with Gasteiger partial charge in [0.1, 0.15) is 5.82 Å². The number of aromatic amines is 1. The fourth-order valence-corrected chi connectivity index (χ4v) is 2.00. The highest BCUT2D eigenvalue weighted by molar-refractivity contribution is 9.10. The van der Waals surface area contributed by atoms with E-state index in [1.807, 2.05) is 6.07 Å². The summed E-state index contributed by atoms with van der Waals surface area (Å²) in [7, 11) is 0. The predicted octanol–water partition coefficient (Wildman–Crippen LogP) is 2.53. The standard InChI is InChI=1S/C9H8BrFN2/c10-9-5(4-12)8-6(11)2-1-3-7(8)13-9/h1-3,13H,4,12H2. The van der Waals surface area contributed by atoms with E-state index >= 15 is 0 Å². The molecule has 0 amide bonds. The molecular formula is C9H8BrFN2. The molecule has 0 bridgehead atoms. The summed E-state index contributed by atoms with van der Waals surface area (Å²) in [6.45, 7) is 0.321. The van der Waals surface area contributed by atoms with E-state index in [9.17, 15) is 4.39 Å². The van der Waals surface area contributed by atoms with Gasteiger partial charge in [0.2, 0.25) is 0 Å². The number of hydrogen-bond acceptors (Lipinski definition) is 1. The van der Waals surface area contributed by atoms with E-state index in [0.29, 0.717) is 11.9 Å². The Labute approximate surface area is 83.1 Å². The topological polar surface area (TPSA) is 41.8 Å². The summed E-state index contributed by atoms with van der Waals surface area (Å²) in [5.41, 5.74) is 7.07. The highest BCUT2D eigenvalue weighted by Crippen LogP contribution is 2.27. The van der Waals surface area contributed by atoms with Crippen LogP contribution in [0.5, 0.6) is 0 Å². The third-order valence-electron chi connectivity index (χ3n) is 2.03. The molecule has 2 nitrogen and oxygen atoms in total. The quantitative estimate of drug-likeness (QED) is 0.793. The summed E-state index contributed by atoms with van der Waals surface area (Å²) < 4.78 is 14.1. The zero-order valence-corrected chi connectivity index (χ0v) is 8.36. The van der Waals surface area contributed by atoms with Crippen molar-refractivity contribution in [1.29, 1.82) is 0 Å². The molecule has 1 aromatic carbocycles. The number of hydrogen-bond donors (Lipinski definition) is 2. The predicted molar refractivity (Wildman–Crippen MR) is 53.8 cm³/mol. The van der Waals surface area contributed by atoms with Crippen LogP contribution in [0.15, 0.2) is 22.8 Å². The Hall–Kier alpha value is -0.870. The molecule has 0 aliphatic carbocycles. The lowest BCUT2D eigenvalue weighted by Crippen LogP contribution is -1.96. The second-order valence-electron chi connectivity index (χ2n) is 2.78. The Morgan fingerprint density at radius 1 is 1.46 bits per heavy atom. The second kappa shape index (κ2) is 3.12. The van der Waals surface area contributed by atoms with Gasteiger partial charge < -0.3 is 10.7 Å². The van der Waals surface area contributed by atoms with E-state index in [1.165, 1.54) is 6.07 Å². The summed E-state index contributed by atoms with van der Waals surface area (Å²) in [5.74, 6) is -0.236. The lowest BCUT2D eigenvalue weighted by Gasteiger charge is -1.95. The molecule has 0 spiro atoms. The van der Waals surface area contributed by atoms with Crippen molar-refractivity contribution in [2.45, 2.75) is 6.54 Å². The summed E-state index contributed by atoms with van der Waals surface area (Å²) in [6, 6.07) is 4.92. The molecule has 0 aliphatic rings. The van der Waals surface area contributed by atoms with E-state index in [4.69, 9.17) is 5.73 Å². The molecule has 1 aromatic heterocycles. The molecule has 3 N–H and O–H groups in total. The molecule has 2 aromatic rings. The van der Waals surface area contributed by atoms with Crippen LogP contribution in [0.1, 0.15) is 5.56 Å². The Morgan fingerprint density at radius 3 is 2.92 bits per heavy atom. The van der Waals surface area contributed by atoms with E-state index in [0.717, 1.165) is 15.7 Å². The lowest BCUT2D eigenvalue weighted by molar-refractivity contribution is 0.639. The van der Waals surface area contributed by atoms with Gasteiger partial charge >= 0.3 is 0 Å². The van der Waals surface area contributed by atoms with E-state index in [1.54, 1.807) is 6.07 Å². The molecule has 13 heavy (non-hydrogen) atoms. The minimum atomic E-state index is -0.236. The van der Waals surface area contributed by atoms with Gasteiger partial charge in [-0.15, -0.1) is 0 Å².